The van der Waals surface area contributed by atoms with Crippen LogP contribution in [0.25, 0.3) is 0 Å². The molecule has 0 unspecified atom stereocenters. The van der Waals surface area contributed by atoms with Crippen molar-refractivity contribution < 1.29 is 5.10 Å². The molecule has 0 atom stereocenters. The van der Waals surface area contributed by atoms with Crippen molar-refractivity contribution >= 4 is 35.3 Å². The average molecular weight is 266 g/mol. The molecular formula is C12H16N3S2+. The van der Waals surface area contributed by atoms with Crippen molar-refractivity contribution in [2.75, 3.05) is 12.8 Å². The molecule has 90 valence electrons. The fraction of sp³-hybridized carbons (Fsp3) is 0.167. The zero-order valence-corrected chi connectivity index (χ0v) is 11.3. The number of benzene rings is 1. The standard InChI is InChI=1S/C12H15N3S2/c1-3-8-13-12(16)15-14-9-10-4-6-11(17-2)7-5-10/h3-7,9H,1,8H2,2H3,(H2,13,15,16)/p+1. The molecule has 1 aromatic rings. The second kappa shape index (κ2) is 7.86. The summed E-state index contributed by atoms with van der Waals surface area (Å²) in [6.45, 7) is 4.25. The fourth-order valence-corrected chi connectivity index (χ4v) is 1.64. The Labute approximate surface area is 111 Å². The maximum Gasteiger partial charge on any atom is 0.224 e. The van der Waals surface area contributed by atoms with Gasteiger partial charge in [0, 0.05) is 17.0 Å². The molecule has 0 heterocycles. The second-order valence-corrected chi connectivity index (χ2v) is 4.47. The molecule has 0 bridgehead atoms. The van der Waals surface area contributed by atoms with Crippen molar-refractivity contribution in [3.63, 3.8) is 0 Å². The molecule has 0 spiro atoms. The van der Waals surface area contributed by atoms with E-state index in [2.05, 4.69) is 40.8 Å². The fourth-order valence-electron chi connectivity index (χ4n) is 1.09. The number of hydrogen-bond donors (Lipinski definition) is 3. The van der Waals surface area contributed by atoms with Gasteiger partial charge in [0.05, 0.1) is 0 Å². The van der Waals surface area contributed by atoms with Crippen LogP contribution in [0.3, 0.4) is 0 Å². The van der Waals surface area contributed by atoms with Crippen LogP contribution in [0.5, 0.6) is 0 Å². The summed E-state index contributed by atoms with van der Waals surface area (Å²) >= 11 is 6.74. The van der Waals surface area contributed by atoms with Crippen LogP contribution in [-0.4, -0.2) is 24.1 Å². The number of nitrogens with one attached hydrogen (secondary N) is 3. The summed E-state index contributed by atoms with van der Waals surface area (Å²) in [6, 6.07) is 8.24. The maximum atomic E-state index is 5.02. The largest absolute Gasteiger partial charge is 0.355 e. The Bertz CT molecular complexity index is 399. The van der Waals surface area contributed by atoms with Gasteiger partial charge in [0.15, 0.2) is 6.21 Å². The lowest BCUT2D eigenvalue weighted by Gasteiger charge is -1.99. The Hall–Kier alpha value is -1.33. The monoisotopic (exact) mass is 266 g/mol. The van der Waals surface area contributed by atoms with Crippen LogP contribution in [0.15, 0.2) is 41.8 Å². The smallest absolute Gasteiger partial charge is 0.224 e. The highest BCUT2D eigenvalue weighted by atomic mass is 32.2. The summed E-state index contributed by atoms with van der Waals surface area (Å²) in [5, 5.41) is 6.42. The Kier molecular flexibility index (Phi) is 6.35. The Morgan fingerprint density at radius 2 is 2.18 bits per heavy atom. The van der Waals surface area contributed by atoms with E-state index in [0.29, 0.717) is 11.7 Å². The van der Waals surface area contributed by atoms with Gasteiger partial charge in [-0.3, -0.25) is 0 Å². The summed E-state index contributed by atoms with van der Waals surface area (Å²) < 4.78 is 0. The third-order valence-corrected chi connectivity index (χ3v) is 2.94. The number of rotatable bonds is 5. The maximum absolute atomic E-state index is 5.02. The van der Waals surface area contributed by atoms with E-state index in [1.54, 1.807) is 17.8 Å². The molecule has 17 heavy (non-hydrogen) atoms. The molecular weight excluding hydrogens is 250 g/mol. The minimum Gasteiger partial charge on any atom is -0.355 e. The van der Waals surface area contributed by atoms with E-state index in [4.69, 9.17) is 12.2 Å². The number of hydrazone groups is 1. The van der Waals surface area contributed by atoms with Crippen LogP contribution in [0.2, 0.25) is 0 Å². The first kappa shape index (κ1) is 13.7. The predicted molar refractivity (Wildman–Crippen MR) is 78.3 cm³/mol. The highest BCUT2D eigenvalue weighted by Gasteiger charge is 1.95. The highest BCUT2D eigenvalue weighted by Crippen LogP contribution is 2.13. The third kappa shape index (κ3) is 5.51. The number of hydrazine groups is 1. The molecule has 0 saturated heterocycles. The summed E-state index contributed by atoms with van der Waals surface area (Å²) in [4.78, 5) is 1.25. The topological polar surface area (TPSA) is 38.0 Å². The van der Waals surface area contributed by atoms with Gasteiger partial charge in [0.25, 0.3) is 0 Å². The normalized spacial score (nSPS) is 10.2. The third-order valence-electron chi connectivity index (χ3n) is 1.95. The molecule has 3 N–H and O–H groups in total. The number of hydrogen-bond acceptors (Lipinski definition) is 2. The molecule has 0 radical (unpaired) electrons. The molecule has 0 aliphatic heterocycles. The molecule has 0 saturated carbocycles. The highest BCUT2D eigenvalue weighted by molar-refractivity contribution is 7.98. The van der Waals surface area contributed by atoms with Crippen LogP contribution in [0.4, 0.5) is 0 Å². The zero-order valence-electron chi connectivity index (χ0n) is 9.69. The molecule has 0 aromatic heterocycles. The minimum atomic E-state index is 0.543. The molecule has 0 amide bonds. The molecule has 0 aliphatic carbocycles. The van der Waals surface area contributed by atoms with E-state index < -0.39 is 0 Å². The summed E-state index contributed by atoms with van der Waals surface area (Å²) in [7, 11) is 0. The predicted octanol–water partition coefficient (Wildman–Crippen LogP) is 0.473. The lowest BCUT2D eigenvalue weighted by Crippen LogP contribution is -2.82. The Morgan fingerprint density at radius 3 is 2.76 bits per heavy atom. The van der Waals surface area contributed by atoms with E-state index in [1.807, 2.05) is 18.3 Å². The number of thioether (sulfide) groups is 1. The first-order chi connectivity index (χ1) is 8.26. The second-order valence-electron chi connectivity index (χ2n) is 3.19. The minimum absolute atomic E-state index is 0.543. The van der Waals surface area contributed by atoms with Crippen LogP contribution < -0.4 is 15.8 Å². The SMILES string of the molecule is C=CCNC(=S)N[NH+]=Cc1ccc(SC)cc1. The molecule has 1 aromatic carbocycles. The van der Waals surface area contributed by atoms with Crippen LogP contribution in [0, 0.1) is 0 Å². The summed E-state index contributed by atoms with van der Waals surface area (Å²) in [5.41, 5.74) is 3.94. The van der Waals surface area contributed by atoms with Gasteiger partial charge in [0.2, 0.25) is 5.11 Å². The van der Waals surface area contributed by atoms with Gasteiger partial charge in [-0.1, -0.05) is 6.08 Å². The van der Waals surface area contributed by atoms with E-state index in [0.717, 1.165) is 5.56 Å². The Morgan fingerprint density at radius 1 is 1.47 bits per heavy atom. The van der Waals surface area contributed by atoms with Gasteiger partial charge in [-0.15, -0.1) is 28.9 Å². The van der Waals surface area contributed by atoms with Crippen molar-refractivity contribution in [3.05, 3.63) is 42.5 Å². The van der Waals surface area contributed by atoms with Crippen LogP contribution in [-0.2, 0) is 0 Å². The van der Waals surface area contributed by atoms with Crippen molar-refractivity contribution in [3.8, 4) is 0 Å². The van der Waals surface area contributed by atoms with Gasteiger partial charge in [0.1, 0.15) is 0 Å². The quantitative estimate of drug-likeness (QED) is 0.238. The number of thiocarbonyl (C=S) groups is 1. The summed E-state index contributed by atoms with van der Waals surface area (Å²) in [5.74, 6) is 0. The van der Waals surface area contributed by atoms with E-state index in [-0.39, 0.29) is 0 Å². The molecule has 1 rings (SSSR count). The van der Waals surface area contributed by atoms with E-state index in [9.17, 15) is 0 Å². The first-order valence-corrected chi connectivity index (χ1v) is 6.77. The molecule has 3 nitrogen and oxygen atoms in total. The van der Waals surface area contributed by atoms with Crippen molar-refractivity contribution in [1.29, 1.82) is 0 Å². The van der Waals surface area contributed by atoms with Gasteiger partial charge >= 0.3 is 0 Å². The van der Waals surface area contributed by atoms with Crippen molar-refractivity contribution in [1.82, 2.24) is 10.7 Å². The first-order valence-electron chi connectivity index (χ1n) is 5.14. The van der Waals surface area contributed by atoms with Crippen LogP contribution in [0.1, 0.15) is 5.56 Å². The van der Waals surface area contributed by atoms with Crippen LogP contribution >= 0.6 is 24.0 Å². The van der Waals surface area contributed by atoms with Crippen molar-refractivity contribution in [2.45, 2.75) is 4.90 Å². The van der Waals surface area contributed by atoms with Gasteiger partial charge in [-0.25, -0.2) is 0 Å². The molecule has 0 aliphatic rings. The van der Waals surface area contributed by atoms with Gasteiger partial charge < -0.3 is 5.32 Å². The van der Waals surface area contributed by atoms with Gasteiger partial charge in [-0.05, 0) is 42.7 Å². The average Bonchev–Trinajstić information content (AvgIpc) is 2.37. The van der Waals surface area contributed by atoms with E-state index >= 15 is 0 Å². The van der Waals surface area contributed by atoms with E-state index in [1.165, 1.54) is 4.90 Å². The Balaban J connectivity index is 2.42. The lowest BCUT2D eigenvalue weighted by atomic mass is 10.2. The lowest BCUT2D eigenvalue weighted by molar-refractivity contribution is -0.500. The van der Waals surface area contributed by atoms with Crippen molar-refractivity contribution in [2.24, 2.45) is 0 Å². The summed E-state index contributed by atoms with van der Waals surface area (Å²) in [6.07, 6.45) is 5.66. The molecule has 0 fully saturated rings. The zero-order chi connectivity index (χ0) is 12.5. The molecule has 5 heteroatoms. The van der Waals surface area contributed by atoms with Gasteiger partial charge in [-0.2, -0.15) is 0 Å².